The monoisotopic (exact) mass is 140 g/mol. The van der Waals surface area contributed by atoms with Gasteiger partial charge in [-0.1, -0.05) is 0 Å². The Morgan fingerprint density at radius 2 is 2.20 bits per heavy atom. The standard InChI is InChI=1S/C8H16N2/c1-10-3-2-6(5-10)7-4-8(7)9/h6-8H,2-5,9H2,1H3. The van der Waals surface area contributed by atoms with E-state index in [1.807, 2.05) is 0 Å². The van der Waals surface area contributed by atoms with Crippen molar-refractivity contribution in [2.24, 2.45) is 17.6 Å². The normalized spacial score (nSPS) is 48.0. The molecular weight excluding hydrogens is 124 g/mol. The minimum absolute atomic E-state index is 0.552. The molecule has 1 aliphatic carbocycles. The van der Waals surface area contributed by atoms with Gasteiger partial charge in [-0.3, -0.25) is 0 Å². The quantitative estimate of drug-likeness (QED) is 0.567. The molecule has 2 rings (SSSR count). The van der Waals surface area contributed by atoms with E-state index in [2.05, 4.69) is 11.9 Å². The zero-order valence-electron chi connectivity index (χ0n) is 6.59. The van der Waals surface area contributed by atoms with Crippen molar-refractivity contribution in [3.63, 3.8) is 0 Å². The summed E-state index contributed by atoms with van der Waals surface area (Å²) in [5.41, 5.74) is 5.77. The summed E-state index contributed by atoms with van der Waals surface area (Å²) >= 11 is 0. The van der Waals surface area contributed by atoms with Crippen LogP contribution in [-0.4, -0.2) is 31.1 Å². The summed E-state index contributed by atoms with van der Waals surface area (Å²) in [4.78, 5) is 2.41. The smallest absolute Gasteiger partial charge is 0.00742 e. The summed E-state index contributed by atoms with van der Waals surface area (Å²) in [5, 5.41) is 0. The highest BCUT2D eigenvalue weighted by atomic mass is 15.1. The van der Waals surface area contributed by atoms with Gasteiger partial charge in [0.15, 0.2) is 0 Å². The van der Waals surface area contributed by atoms with Crippen LogP contribution in [0.5, 0.6) is 0 Å². The summed E-state index contributed by atoms with van der Waals surface area (Å²) in [6.07, 6.45) is 2.67. The first-order valence-corrected chi connectivity index (χ1v) is 4.21. The molecule has 0 radical (unpaired) electrons. The van der Waals surface area contributed by atoms with Crippen molar-refractivity contribution >= 4 is 0 Å². The molecule has 2 fully saturated rings. The van der Waals surface area contributed by atoms with Crippen molar-refractivity contribution in [2.75, 3.05) is 20.1 Å². The highest BCUT2D eigenvalue weighted by molar-refractivity contribution is 4.97. The Bertz CT molecular complexity index is 135. The van der Waals surface area contributed by atoms with Crippen LogP contribution in [0, 0.1) is 11.8 Å². The molecule has 58 valence electrons. The highest BCUT2D eigenvalue weighted by Crippen LogP contribution is 2.39. The first kappa shape index (κ1) is 6.62. The van der Waals surface area contributed by atoms with Crippen LogP contribution in [0.4, 0.5) is 0 Å². The van der Waals surface area contributed by atoms with E-state index in [1.54, 1.807) is 0 Å². The summed E-state index contributed by atoms with van der Waals surface area (Å²) in [6, 6.07) is 0.552. The minimum Gasteiger partial charge on any atom is -0.327 e. The molecule has 3 unspecified atom stereocenters. The highest BCUT2D eigenvalue weighted by Gasteiger charge is 2.41. The fourth-order valence-electron chi connectivity index (χ4n) is 2.10. The van der Waals surface area contributed by atoms with Crippen LogP contribution in [0.1, 0.15) is 12.8 Å². The third kappa shape index (κ3) is 1.06. The van der Waals surface area contributed by atoms with E-state index in [0.29, 0.717) is 6.04 Å². The number of hydrogen-bond acceptors (Lipinski definition) is 2. The molecule has 1 heterocycles. The number of likely N-dealkylation sites (tertiary alicyclic amines) is 1. The number of nitrogens with zero attached hydrogens (tertiary/aromatic N) is 1. The Morgan fingerprint density at radius 1 is 1.50 bits per heavy atom. The predicted molar refractivity (Wildman–Crippen MR) is 41.7 cm³/mol. The predicted octanol–water partition coefficient (Wildman–Crippen LogP) is 0.285. The van der Waals surface area contributed by atoms with E-state index in [4.69, 9.17) is 5.73 Å². The van der Waals surface area contributed by atoms with Gasteiger partial charge in [0, 0.05) is 12.6 Å². The molecule has 2 aliphatic rings. The molecule has 0 bridgehead atoms. The lowest BCUT2D eigenvalue weighted by Gasteiger charge is -2.08. The maximum absolute atomic E-state index is 5.77. The number of hydrogen-bond donors (Lipinski definition) is 1. The second-order valence-electron chi connectivity index (χ2n) is 3.87. The van der Waals surface area contributed by atoms with Crippen LogP contribution in [0.25, 0.3) is 0 Å². The maximum atomic E-state index is 5.77. The van der Waals surface area contributed by atoms with Gasteiger partial charge in [-0.05, 0) is 38.3 Å². The van der Waals surface area contributed by atoms with E-state index in [1.165, 1.54) is 25.9 Å². The van der Waals surface area contributed by atoms with Crippen LogP contribution >= 0.6 is 0 Å². The Hall–Kier alpha value is -0.0800. The summed E-state index contributed by atoms with van der Waals surface area (Å²) < 4.78 is 0. The fourth-order valence-corrected chi connectivity index (χ4v) is 2.10. The van der Waals surface area contributed by atoms with E-state index >= 15 is 0 Å². The first-order chi connectivity index (χ1) is 4.77. The Labute approximate surface area is 62.4 Å². The van der Waals surface area contributed by atoms with Gasteiger partial charge in [0.2, 0.25) is 0 Å². The summed E-state index contributed by atoms with van der Waals surface area (Å²) in [6.45, 7) is 2.58. The van der Waals surface area contributed by atoms with Crippen molar-refractivity contribution in [1.29, 1.82) is 0 Å². The molecule has 1 saturated carbocycles. The lowest BCUT2D eigenvalue weighted by Crippen LogP contribution is -2.16. The third-order valence-corrected chi connectivity index (χ3v) is 2.92. The van der Waals surface area contributed by atoms with Gasteiger partial charge in [0.25, 0.3) is 0 Å². The van der Waals surface area contributed by atoms with Crippen molar-refractivity contribution in [3.8, 4) is 0 Å². The van der Waals surface area contributed by atoms with Crippen LogP contribution in [0.3, 0.4) is 0 Å². The third-order valence-electron chi connectivity index (χ3n) is 2.92. The second kappa shape index (κ2) is 2.21. The Kier molecular flexibility index (Phi) is 1.46. The molecule has 0 spiro atoms. The lowest BCUT2D eigenvalue weighted by molar-refractivity contribution is 0.379. The number of nitrogens with two attached hydrogens (primary N) is 1. The van der Waals surface area contributed by atoms with Crippen molar-refractivity contribution in [3.05, 3.63) is 0 Å². The molecule has 10 heavy (non-hydrogen) atoms. The van der Waals surface area contributed by atoms with Crippen molar-refractivity contribution in [2.45, 2.75) is 18.9 Å². The van der Waals surface area contributed by atoms with Gasteiger partial charge in [-0.2, -0.15) is 0 Å². The van der Waals surface area contributed by atoms with Gasteiger partial charge in [-0.25, -0.2) is 0 Å². The fraction of sp³-hybridized carbons (Fsp3) is 1.00. The Morgan fingerprint density at radius 3 is 2.60 bits per heavy atom. The molecule has 2 heteroatoms. The minimum atomic E-state index is 0.552. The van der Waals surface area contributed by atoms with Gasteiger partial charge < -0.3 is 10.6 Å². The molecule has 0 aromatic rings. The van der Waals surface area contributed by atoms with Gasteiger partial charge >= 0.3 is 0 Å². The van der Waals surface area contributed by atoms with Crippen LogP contribution in [0.2, 0.25) is 0 Å². The number of rotatable bonds is 1. The van der Waals surface area contributed by atoms with Crippen LogP contribution in [-0.2, 0) is 0 Å². The van der Waals surface area contributed by atoms with Crippen molar-refractivity contribution in [1.82, 2.24) is 4.90 Å². The van der Waals surface area contributed by atoms with E-state index in [-0.39, 0.29) is 0 Å². The zero-order valence-corrected chi connectivity index (χ0v) is 6.59. The lowest BCUT2D eigenvalue weighted by atomic mass is 10.0. The molecule has 2 N–H and O–H groups in total. The molecule has 1 aliphatic heterocycles. The Balaban J connectivity index is 1.85. The summed E-state index contributed by atoms with van der Waals surface area (Å²) in [7, 11) is 2.20. The average Bonchev–Trinajstić information content (AvgIpc) is 2.42. The zero-order chi connectivity index (χ0) is 7.14. The average molecular weight is 140 g/mol. The molecular formula is C8H16N2. The maximum Gasteiger partial charge on any atom is 0.00742 e. The van der Waals surface area contributed by atoms with Crippen LogP contribution < -0.4 is 5.73 Å². The second-order valence-corrected chi connectivity index (χ2v) is 3.87. The SMILES string of the molecule is CN1CCC(C2CC2N)C1. The summed E-state index contributed by atoms with van der Waals surface area (Å²) in [5.74, 6) is 1.81. The van der Waals surface area contributed by atoms with Gasteiger partial charge in [-0.15, -0.1) is 0 Å². The van der Waals surface area contributed by atoms with Crippen LogP contribution in [0.15, 0.2) is 0 Å². The topological polar surface area (TPSA) is 29.3 Å². The van der Waals surface area contributed by atoms with Gasteiger partial charge in [0.1, 0.15) is 0 Å². The molecule has 1 saturated heterocycles. The molecule has 0 aromatic carbocycles. The van der Waals surface area contributed by atoms with Gasteiger partial charge in [0.05, 0.1) is 0 Å². The molecule has 0 amide bonds. The van der Waals surface area contributed by atoms with E-state index in [9.17, 15) is 0 Å². The van der Waals surface area contributed by atoms with Crippen molar-refractivity contribution < 1.29 is 0 Å². The van der Waals surface area contributed by atoms with E-state index in [0.717, 1.165) is 11.8 Å². The largest absolute Gasteiger partial charge is 0.327 e. The molecule has 0 aromatic heterocycles. The first-order valence-electron chi connectivity index (χ1n) is 4.21. The molecule has 2 nitrogen and oxygen atoms in total. The molecule has 3 atom stereocenters. The van der Waals surface area contributed by atoms with E-state index < -0.39 is 0 Å².